The van der Waals surface area contributed by atoms with Gasteiger partial charge in [-0.05, 0) is 46.9 Å². The van der Waals surface area contributed by atoms with Crippen LogP contribution in [0.15, 0.2) is 30.9 Å². The van der Waals surface area contributed by atoms with E-state index in [0.717, 1.165) is 45.0 Å². The van der Waals surface area contributed by atoms with Crippen molar-refractivity contribution in [1.82, 2.24) is 29.7 Å². The van der Waals surface area contributed by atoms with Gasteiger partial charge in [-0.1, -0.05) is 11.6 Å². The maximum atomic E-state index is 15.8. The fraction of sp³-hybridized carbons (Fsp3) is 0.500. The number of nitrogens with one attached hydrogen (secondary N) is 1. The van der Waals surface area contributed by atoms with E-state index >= 15 is 4.39 Å². The Kier molecular flexibility index (Phi) is 8.25. The van der Waals surface area contributed by atoms with Crippen molar-refractivity contribution >= 4 is 40.4 Å². The minimum absolute atomic E-state index is 0.154. The molecule has 40 heavy (non-hydrogen) atoms. The molecule has 2 aliphatic heterocycles. The van der Waals surface area contributed by atoms with Crippen LogP contribution in [0.2, 0.25) is 5.15 Å². The average molecular weight is 569 g/mol. The number of hydrogen-bond donors (Lipinski definition) is 2. The quantitative estimate of drug-likeness (QED) is 0.422. The van der Waals surface area contributed by atoms with Crippen LogP contribution in [0.4, 0.5) is 33.2 Å². The normalized spacial score (nSPS) is 20.8. The van der Waals surface area contributed by atoms with E-state index in [1.54, 1.807) is 24.5 Å². The Hall–Kier alpha value is -3.28. The summed E-state index contributed by atoms with van der Waals surface area (Å²) in [6.45, 7) is 13.9. The standard InChI is InChI=1S/C28H38ClFN10/c1-17(2)38-6-8-39(9-7-38)28-32-12-20(13-33-28)21-10-23(36-27-25(31)26(29)34-16-35-27)24(11-22(21)30)40-14-18(3)37(5)19(4)15-40/h10-13,16-19H,6-9,14-15,31H2,1-5H3,(H,34,35,36)/t18-,19+. The van der Waals surface area contributed by atoms with Crippen molar-refractivity contribution in [2.45, 2.75) is 45.8 Å². The molecule has 0 radical (unpaired) electrons. The molecular weight excluding hydrogens is 531 g/mol. The molecule has 2 aromatic heterocycles. The number of halogens is 2. The van der Waals surface area contributed by atoms with Crippen molar-refractivity contribution in [3.63, 3.8) is 0 Å². The van der Waals surface area contributed by atoms with Crippen molar-refractivity contribution in [3.05, 3.63) is 41.8 Å². The lowest BCUT2D eigenvalue weighted by atomic mass is 10.0. The van der Waals surface area contributed by atoms with Gasteiger partial charge in [0.25, 0.3) is 0 Å². The molecule has 0 saturated carbocycles. The van der Waals surface area contributed by atoms with Gasteiger partial charge in [0.05, 0.1) is 11.4 Å². The van der Waals surface area contributed by atoms with E-state index in [4.69, 9.17) is 17.3 Å². The lowest BCUT2D eigenvalue weighted by Gasteiger charge is -2.44. The van der Waals surface area contributed by atoms with Crippen LogP contribution in [0.3, 0.4) is 0 Å². The molecule has 0 unspecified atom stereocenters. The van der Waals surface area contributed by atoms with Crippen molar-refractivity contribution in [2.75, 3.05) is 67.2 Å². The second-order valence-electron chi connectivity index (χ2n) is 11.1. The van der Waals surface area contributed by atoms with Crippen LogP contribution in [0.25, 0.3) is 11.1 Å². The van der Waals surface area contributed by atoms with E-state index in [-0.39, 0.29) is 16.7 Å². The van der Waals surface area contributed by atoms with Gasteiger partial charge in [0.2, 0.25) is 5.95 Å². The molecule has 2 saturated heterocycles. The SMILES string of the molecule is CC(C)N1CCN(c2ncc(-c3cc(Nc4ncnc(Cl)c4N)c(N4C[C@@H](C)N(C)[C@@H](C)C4)cc3F)cn2)CC1. The Bertz CT molecular complexity index is 1320. The zero-order valence-corrected chi connectivity index (χ0v) is 24.5. The van der Waals surface area contributed by atoms with Gasteiger partial charge >= 0.3 is 0 Å². The predicted octanol–water partition coefficient (Wildman–Crippen LogP) is 4.11. The van der Waals surface area contributed by atoms with Crippen LogP contribution in [-0.2, 0) is 0 Å². The third-order valence-electron chi connectivity index (χ3n) is 8.15. The Morgan fingerprint density at radius 3 is 2.25 bits per heavy atom. The molecule has 4 heterocycles. The molecule has 5 rings (SSSR count). The van der Waals surface area contributed by atoms with Gasteiger partial charge < -0.3 is 20.9 Å². The van der Waals surface area contributed by atoms with Crippen molar-refractivity contribution < 1.29 is 4.39 Å². The van der Waals surface area contributed by atoms with Gasteiger partial charge in [0.15, 0.2) is 11.0 Å². The molecule has 3 N–H and O–H groups in total. The summed E-state index contributed by atoms with van der Waals surface area (Å²) in [7, 11) is 2.12. The molecule has 1 aromatic carbocycles. The number of aromatic nitrogens is 4. The highest BCUT2D eigenvalue weighted by Crippen LogP contribution is 2.38. The minimum atomic E-state index is -0.352. The minimum Gasteiger partial charge on any atom is -0.393 e. The van der Waals surface area contributed by atoms with Crippen LogP contribution in [0.5, 0.6) is 0 Å². The molecular formula is C28H38ClFN10. The Morgan fingerprint density at radius 2 is 1.62 bits per heavy atom. The van der Waals surface area contributed by atoms with Gasteiger partial charge in [0, 0.05) is 80.9 Å². The molecule has 12 heteroatoms. The third kappa shape index (κ3) is 5.77. The monoisotopic (exact) mass is 568 g/mol. The van der Waals surface area contributed by atoms with Crippen LogP contribution >= 0.6 is 11.6 Å². The van der Waals surface area contributed by atoms with E-state index in [1.807, 2.05) is 0 Å². The van der Waals surface area contributed by atoms with Crippen LogP contribution in [0, 0.1) is 5.82 Å². The summed E-state index contributed by atoms with van der Waals surface area (Å²) in [5.41, 5.74) is 8.76. The van der Waals surface area contributed by atoms with Crippen molar-refractivity contribution in [2.24, 2.45) is 0 Å². The number of anilines is 5. The third-order valence-corrected chi connectivity index (χ3v) is 8.45. The fourth-order valence-corrected chi connectivity index (χ4v) is 5.54. The maximum absolute atomic E-state index is 15.8. The highest BCUT2D eigenvalue weighted by Gasteiger charge is 2.29. The summed E-state index contributed by atoms with van der Waals surface area (Å²) in [5.74, 6) is 0.669. The molecule has 0 bridgehead atoms. The molecule has 2 aliphatic rings. The van der Waals surface area contributed by atoms with Gasteiger partial charge in [-0.25, -0.2) is 24.3 Å². The van der Waals surface area contributed by atoms with E-state index in [2.05, 4.69) is 79.6 Å². The lowest BCUT2D eigenvalue weighted by Crippen LogP contribution is -2.55. The maximum Gasteiger partial charge on any atom is 0.225 e. The van der Waals surface area contributed by atoms with Gasteiger partial charge in [-0.3, -0.25) is 9.80 Å². The smallest absolute Gasteiger partial charge is 0.225 e. The Morgan fingerprint density at radius 1 is 0.975 bits per heavy atom. The second-order valence-corrected chi connectivity index (χ2v) is 11.4. The molecule has 3 aromatic rings. The number of benzene rings is 1. The fourth-order valence-electron chi connectivity index (χ4n) is 5.41. The van der Waals surface area contributed by atoms with E-state index < -0.39 is 0 Å². The number of hydrogen-bond acceptors (Lipinski definition) is 10. The molecule has 0 aliphatic carbocycles. The van der Waals surface area contributed by atoms with E-state index in [1.165, 1.54) is 6.33 Å². The first-order valence-electron chi connectivity index (χ1n) is 13.8. The van der Waals surface area contributed by atoms with Crippen LogP contribution < -0.4 is 20.9 Å². The summed E-state index contributed by atoms with van der Waals surface area (Å²) < 4.78 is 15.8. The number of nitrogens with zero attached hydrogens (tertiary/aromatic N) is 8. The first-order valence-corrected chi connectivity index (χ1v) is 14.1. The van der Waals surface area contributed by atoms with Crippen molar-refractivity contribution in [1.29, 1.82) is 0 Å². The molecule has 2 fully saturated rings. The number of piperazine rings is 2. The van der Waals surface area contributed by atoms with E-state index in [0.29, 0.717) is 46.7 Å². The number of likely N-dealkylation sites (N-methyl/N-ethyl adjacent to an activating group) is 1. The number of rotatable bonds is 6. The zero-order chi connectivity index (χ0) is 28.6. The molecule has 0 amide bonds. The first kappa shape index (κ1) is 28.3. The Balaban J connectivity index is 1.47. The molecule has 214 valence electrons. The van der Waals surface area contributed by atoms with Crippen molar-refractivity contribution in [3.8, 4) is 11.1 Å². The number of nitrogens with two attached hydrogens (primary N) is 1. The van der Waals surface area contributed by atoms with Crippen LogP contribution in [-0.4, -0.2) is 94.2 Å². The summed E-state index contributed by atoms with van der Waals surface area (Å²) in [6, 6.07) is 4.45. The second kappa shape index (κ2) is 11.7. The lowest BCUT2D eigenvalue weighted by molar-refractivity contribution is 0.170. The molecule has 0 spiro atoms. The largest absolute Gasteiger partial charge is 0.393 e. The predicted molar refractivity (Wildman–Crippen MR) is 160 cm³/mol. The van der Waals surface area contributed by atoms with Gasteiger partial charge in [0.1, 0.15) is 17.8 Å². The highest BCUT2D eigenvalue weighted by molar-refractivity contribution is 6.32. The summed E-state index contributed by atoms with van der Waals surface area (Å²) in [5, 5.41) is 3.45. The molecule has 10 nitrogen and oxygen atoms in total. The summed E-state index contributed by atoms with van der Waals surface area (Å²) in [6.07, 6.45) is 4.72. The molecule has 2 atom stereocenters. The number of nitrogen functional groups attached to an aromatic ring is 1. The summed E-state index contributed by atoms with van der Waals surface area (Å²) in [4.78, 5) is 26.6. The van der Waals surface area contributed by atoms with Gasteiger partial charge in [-0.15, -0.1) is 0 Å². The van der Waals surface area contributed by atoms with E-state index in [9.17, 15) is 0 Å². The summed E-state index contributed by atoms with van der Waals surface area (Å²) >= 11 is 6.16. The zero-order valence-electron chi connectivity index (χ0n) is 23.8. The van der Waals surface area contributed by atoms with Gasteiger partial charge in [-0.2, -0.15) is 0 Å². The highest BCUT2D eigenvalue weighted by atomic mass is 35.5. The average Bonchev–Trinajstić information content (AvgIpc) is 2.94. The topological polar surface area (TPSA) is 103 Å². The first-order chi connectivity index (χ1) is 19.1. The van der Waals surface area contributed by atoms with Crippen LogP contribution in [0.1, 0.15) is 27.7 Å². The Labute approximate surface area is 240 Å².